The first-order valence-corrected chi connectivity index (χ1v) is 5.73. The van der Waals surface area contributed by atoms with E-state index in [1.165, 1.54) is 11.1 Å². The first-order valence-electron chi connectivity index (χ1n) is 5.73. The minimum Gasteiger partial charge on any atom is -0.325 e. The Kier molecular flexibility index (Phi) is 3.92. The van der Waals surface area contributed by atoms with Crippen molar-refractivity contribution in [3.8, 4) is 0 Å². The first-order chi connectivity index (χ1) is 6.87. The Bertz CT molecular complexity index is 290. The van der Waals surface area contributed by atoms with Crippen LogP contribution in [0.15, 0.2) is 24.3 Å². The summed E-state index contributed by atoms with van der Waals surface area (Å²) in [5.41, 5.74) is 8.62. The van der Waals surface area contributed by atoms with E-state index in [0.717, 1.165) is 18.8 Å². The van der Waals surface area contributed by atoms with Crippen LogP contribution in [0.3, 0.4) is 0 Å². The summed E-state index contributed by atoms with van der Waals surface area (Å²) in [7, 11) is 0. The summed E-state index contributed by atoms with van der Waals surface area (Å²) in [6, 6.07) is 8.85. The van der Waals surface area contributed by atoms with Gasteiger partial charge in [-0.3, -0.25) is 0 Å². The van der Waals surface area contributed by atoms with Gasteiger partial charge in [0.05, 0.1) is 0 Å². The van der Waals surface area contributed by atoms with E-state index in [2.05, 4.69) is 52.0 Å². The summed E-state index contributed by atoms with van der Waals surface area (Å²) < 4.78 is 0. The van der Waals surface area contributed by atoms with Crippen LogP contribution in [0, 0.1) is 5.92 Å². The van der Waals surface area contributed by atoms with E-state index < -0.39 is 0 Å². The van der Waals surface area contributed by atoms with Crippen LogP contribution in [0.25, 0.3) is 0 Å². The van der Waals surface area contributed by atoms with Gasteiger partial charge in [-0.25, -0.2) is 0 Å². The van der Waals surface area contributed by atoms with Gasteiger partial charge in [-0.1, -0.05) is 38.1 Å². The van der Waals surface area contributed by atoms with E-state index in [4.69, 9.17) is 5.73 Å². The van der Waals surface area contributed by atoms with Crippen molar-refractivity contribution in [2.75, 3.05) is 0 Å². The lowest BCUT2D eigenvalue weighted by Gasteiger charge is -2.18. The van der Waals surface area contributed by atoms with Crippen LogP contribution < -0.4 is 5.73 Å². The van der Waals surface area contributed by atoms with Gasteiger partial charge < -0.3 is 5.73 Å². The molecular formula is C14H23N. The molecule has 1 aromatic carbocycles. The SMILES string of the molecule is CC(C)Cc1ccc(CC(C)(C)N)cc1. The molecule has 0 atom stereocenters. The average molecular weight is 205 g/mol. The predicted octanol–water partition coefficient (Wildman–Crippen LogP) is 3.16. The Hall–Kier alpha value is -0.820. The third kappa shape index (κ3) is 4.98. The molecule has 0 radical (unpaired) electrons. The third-order valence-corrected chi connectivity index (χ3v) is 2.33. The van der Waals surface area contributed by atoms with E-state index in [9.17, 15) is 0 Å². The van der Waals surface area contributed by atoms with Crippen LogP contribution >= 0.6 is 0 Å². The van der Waals surface area contributed by atoms with Gasteiger partial charge in [0.2, 0.25) is 0 Å². The Labute approximate surface area is 93.7 Å². The molecule has 1 heteroatoms. The zero-order valence-electron chi connectivity index (χ0n) is 10.4. The lowest BCUT2D eigenvalue weighted by Crippen LogP contribution is -2.34. The van der Waals surface area contributed by atoms with Crippen LogP contribution in [0.1, 0.15) is 38.8 Å². The van der Waals surface area contributed by atoms with Crippen molar-refractivity contribution >= 4 is 0 Å². The molecule has 0 unspecified atom stereocenters. The molecule has 0 aliphatic heterocycles. The van der Waals surface area contributed by atoms with Crippen molar-refractivity contribution in [3.63, 3.8) is 0 Å². The molecule has 0 heterocycles. The van der Waals surface area contributed by atoms with E-state index in [1.54, 1.807) is 0 Å². The summed E-state index contributed by atoms with van der Waals surface area (Å²) in [5, 5.41) is 0. The van der Waals surface area contributed by atoms with Gasteiger partial charge in [-0.2, -0.15) is 0 Å². The largest absolute Gasteiger partial charge is 0.325 e. The quantitative estimate of drug-likeness (QED) is 0.802. The number of rotatable bonds is 4. The van der Waals surface area contributed by atoms with Crippen molar-refractivity contribution in [2.24, 2.45) is 11.7 Å². The first kappa shape index (κ1) is 12.3. The Balaban J connectivity index is 2.64. The number of nitrogens with two attached hydrogens (primary N) is 1. The second-order valence-electron chi connectivity index (χ2n) is 5.58. The maximum Gasteiger partial charge on any atom is 0.0138 e. The molecule has 0 aromatic heterocycles. The Morgan fingerprint density at radius 2 is 1.53 bits per heavy atom. The van der Waals surface area contributed by atoms with Crippen molar-refractivity contribution in [1.29, 1.82) is 0 Å². The standard InChI is InChI=1S/C14H23N/c1-11(2)9-12-5-7-13(8-6-12)10-14(3,4)15/h5-8,11H,9-10,15H2,1-4H3. The fraction of sp³-hybridized carbons (Fsp3) is 0.571. The van der Waals surface area contributed by atoms with Crippen molar-refractivity contribution < 1.29 is 0 Å². The van der Waals surface area contributed by atoms with E-state index in [0.29, 0.717) is 0 Å². The molecule has 2 N–H and O–H groups in total. The molecule has 0 aliphatic rings. The molecule has 0 fully saturated rings. The van der Waals surface area contributed by atoms with Crippen LogP contribution in [0.2, 0.25) is 0 Å². The molecule has 0 aliphatic carbocycles. The van der Waals surface area contributed by atoms with Gasteiger partial charge in [-0.15, -0.1) is 0 Å². The molecule has 0 saturated carbocycles. The van der Waals surface area contributed by atoms with Crippen LogP contribution in [0.5, 0.6) is 0 Å². The zero-order chi connectivity index (χ0) is 11.5. The topological polar surface area (TPSA) is 26.0 Å². The second-order valence-corrected chi connectivity index (χ2v) is 5.58. The fourth-order valence-corrected chi connectivity index (χ4v) is 1.79. The zero-order valence-corrected chi connectivity index (χ0v) is 10.4. The normalized spacial score (nSPS) is 12.1. The van der Waals surface area contributed by atoms with Gasteiger partial charge in [-0.05, 0) is 43.7 Å². The lowest BCUT2D eigenvalue weighted by molar-refractivity contribution is 0.516. The van der Waals surface area contributed by atoms with Crippen molar-refractivity contribution in [3.05, 3.63) is 35.4 Å². The van der Waals surface area contributed by atoms with Gasteiger partial charge in [0.15, 0.2) is 0 Å². The van der Waals surface area contributed by atoms with Crippen molar-refractivity contribution in [1.82, 2.24) is 0 Å². The molecule has 84 valence electrons. The molecule has 0 spiro atoms. The maximum absolute atomic E-state index is 5.99. The fourth-order valence-electron chi connectivity index (χ4n) is 1.79. The number of benzene rings is 1. The van der Waals surface area contributed by atoms with E-state index in [1.807, 2.05) is 0 Å². The number of hydrogen-bond acceptors (Lipinski definition) is 1. The average Bonchev–Trinajstić information content (AvgIpc) is 2.05. The second kappa shape index (κ2) is 4.80. The van der Waals surface area contributed by atoms with Crippen LogP contribution in [-0.2, 0) is 12.8 Å². The molecular weight excluding hydrogens is 182 g/mol. The molecule has 1 rings (SSSR count). The molecule has 0 amide bonds. The van der Waals surface area contributed by atoms with Gasteiger partial charge in [0.25, 0.3) is 0 Å². The minimum absolute atomic E-state index is 0.112. The smallest absolute Gasteiger partial charge is 0.0138 e. The summed E-state index contributed by atoms with van der Waals surface area (Å²) in [6.07, 6.45) is 2.10. The Morgan fingerprint density at radius 1 is 1.07 bits per heavy atom. The number of hydrogen-bond donors (Lipinski definition) is 1. The van der Waals surface area contributed by atoms with Crippen LogP contribution in [0.4, 0.5) is 0 Å². The van der Waals surface area contributed by atoms with Gasteiger partial charge >= 0.3 is 0 Å². The third-order valence-electron chi connectivity index (χ3n) is 2.33. The van der Waals surface area contributed by atoms with Gasteiger partial charge in [0.1, 0.15) is 0 Å². The lowest BCUT2D eigenvalue weighted by atomic mass is 9.94. The highest BCUT2D eigenvalue weighted by molar-refractivity contribution is 5.24. The van der Waals surface area contributed by atoms with Crippen LogP contribution in [-0.4, -0.2) is 5.54 Å². The van der Waals surface area contributed by atoms with Crippen molar-refractivity contribution in [2.45, 2.75) is 46.1 Å². The summed E-state index contributed by atoms with van der Waals surface area (Å²) >= 11 is 0. The molecule has 1 aromatic rings. The summed E-state index contributed by atoms with van der Waals surface area (Å²) in [5.74, 6) is 0.724. The minimum atomic E-state index is -0.112. The predicted molar refractivity (Wildman–Crippen MR) is 67.0 cm³/mol. The highest BCUT2D eigenvalue weighted by Crippen LogP contribution is 2.13. The van der Waals surface area contributed by atoms with E-state index in [-0.39, 0.29) is 5.54 Å². The highest BCUT2D eigenvalue weighted by atomic mass is 14.7. The molecule has 0 bridgehead atoms. The van der Waals surface area contributed by atoms with Gasteiger partial charge in [0, 0.05) is 5.54 Å². The summed E-state index contributed by atoms with van der Waals surface area (Å²) in [6.45, 7) is 8.62. The molecule has 15 heavy (non-hydrogen) atoms. The summed E-state index contributed by atoms with van der Waals surface area (Å²) in [4.78, 5) is 0. The van der Waals surface area contributed by atoms with E-state index >= 15 is 0 Å². The molecule has 0 saturated heterocycles. The maximum atomic E-state index is 5.99. The monoisotopic (exact) mass is 205 g/mol. The Morgan fingerprint density at radius 3 is 1.93 bits per heavy atom. The highest BCUT2D eigenvalue weighted by Gasteiger charge is 2.11. The molecule has 1 nitrogen and oxygen atoms in total.